The number of hydrogen-bond acceptors (Lipinski definition) is 3. The Morgan fingerprint density at radius 2 is 2.05 bits per heavy atom. The van der Waals surface area contributed by atoms with Gasteiger partial charge in [-0.2, -0.15) is 5.10 Å². The molecule has 0 bridgehead atoms. The van der Waals surface area contributed by atoms with Crippen LogP contribution >= 0.6 is 0 Å². The van der Waals surface area contributed by atoms with Crippen LogP contribution in [0.25, 0.3) is 5.69 Å². The van der Waals surface area contributed by atoms with Crippen LogP contribution in [0, 0.1) is 0 Å². The summed E-state index contributed by atoms with van der Waals surface area (Å²) in [5.41, 5.74) is 7.22. The van der Waals surface area contributed by atoms with E-state index in [1.54, 1.807) is 10.7 Å². The predicted molar refractivity (Wildman–Crippen MR) is 81.3 cm³/mol. The monoisotopic (exact) mass is 284 g/mol. The van der Waals surface area contributed by atoms with Gasteiger partial charge in [-0.3, -0.25) is 4.79 Å². The maximum absolute atomic E-state index is 12.6. The topological polar surface area (TPSA) is 64.2 Å². The minimum atomic E-state index is -0.0140. The Kier molecular flexibility index (Phi) is 4.01. The van der Waals surface area contributed by atoms with E-state index < -0.39 is 0 Å². The number of likely N-dealkylation sites (tertiary alicyclic amines) is 1. The lowest BCUT2D eigenvalue weighted by Crippen LogP contribution is -2.47. The number of para-hydroxylation sites is 1. The Morgan fingerprint density at radius 3 is 2.81 bits per heavy atom. The molecule has 21 heavy (non-hydrogen) atoms. The first-order valence-electron chi connectivity index (χ1n) is 7.42. The molecule has 1 saturated heterocycles. The van der Waals surface area contributed by atoms with Crippen molar-refractivity contribution in [3.8, 4) is 5.69 Å². The highest BCUT2D eigenvalue weighted by Gasteiger charge is 2.27. The molecule has 1 atom stereocenters. The number of aromatic nitrogens is 2. The zero-order valence-electron chi connectivity index (χ0n) is 12.0. The number of piperidine rings is 1. The SMILES string of the molecule is NCC1CCCCN1C(=O)c1ccn(-c2ccccc2)n1. The molecule has 5 nitrogen and oxygen atoms in total. The summed E-state index contributed by atoms with van der Waals surface area (Å²) in [5.74, 6) is -0.0140. The van der Waals surface area contributed by atoms with Gasteiger partial charge in [0.2, 0.25) is 0 Å². The fourth-order valence-electron chi connectivity index (χ4n) is 2.82. The Hall–Kier alpha value is -2.14. The predicted octanol–water partition coefficient (Wildman–Crippen LogP) is 1.83. The second-order valence-electron chi connectivity index (χ2n) is 5.36. The van der Waals surface area contributed by atoms with E-state index in [1.165, 1.54) is 0 Å². The van der Waals surface area contributed by atoms with Crippen LogP contribution in [-0.2, 0) is 0 Å². The van der Waals surface area contributed by atoms with E-state index in [0.29, 0.717) is 12.2 Å². The van der Waals surface area contributed by atoms with Crippen molar-refractivity contribution in [3.63, 3.8) is 0 Å². The van der Waals surface area contributed by atoms with Crippen molar-refractivity contribution in [1.29, 1.82) is 0 Å². The number of benzene rings is 1. The molecule has 2 N–H and O–H groups in total. The van der Waals surface area contributed by atoms with Crippen LogP contribution in [0.4, 0.5) is 0 Å². The summed E-state index contributed by atoms with van der Waals surface area (Å²) in [4.78, 5) is 14.5. The zero-order chi connectivity index (χ0) is 14.7. The van der Waals surface area contributed by atoms with Gasteiger partial charge in [-0.25, -0.2) is 4.68 Å². The highest BCUT2D eigenvalue weighted by atomic mass is 16.2. The van der Waals surface area contributed by atoms with Crippen LogP contribution in [0.15, 0.2) is 42.6 Å². The third-order valence-corrected chi connectivity index (χ3v) is 3.99. The van der Waals surface area contributed by atoms with Gasteiger partial charge >= 0.3 is 0 Å². The number of hydrogen-bond donors (Lipinski definition) is 1. The Bertz CT molecular complexity index is 608. The number of carbonyl (C=O) groups excluding carboxylic acids is 1. The average molecular weight is 284 g/mol. The first-order chi connectivity index (χ1) is 10.3. The molecule has 1 aliphatic rings. The molecule has 0 saturated carbocycles. The summed E-state index contributed by atoms with van der Waals surface area (Å²) in [6.07, 6.45) is 5.00. The third kappa shape index (κ3) is 2.83. The van der Waals surface area contributed by atoms with Gasteiger partial charge in [-0.15, -0.1) is 0 Å². The van der Waals surface area contributed by atoms with Crippen molar-refractivity contribution < 1.29 is 4.79 Å². The van der Waals surface area contributed by atoms with E-state index in [2.05, 4.69) is 5.10 Å². The summed E-state index contributed by atoms with van der Waals surface area (Å²) >= 11 is 0. The lowest BCUT2D eigenvalue weighted by Gasteiger charge is -2.34. The van der Waals surface area contributed by atoms with E-state index in [1.807, 2.05) is 41.4 Å². The van der Waals surface area contributed by atoms with Gasteiger partial charge in [-0.05, 0) is 37.5 Å². The molecule has 1 fully saturated rings. The van der Waals surface area contributed by atoms with Crippen LogP contribution < -0.4 is 5.73 Å². The minimum Gasteiger partial charge on any atom is -0.333 e. The van der Waals surface area contributed by atoms with Crippen LogP contribution in [0.3, 0.4) is 0 Å². The van der Waals surface area contributed by atoms with Crippen LogP contribution in [-0.4, -0.2) is 39.7 Å². The molecule has 0 spiro atoms. The summed E-state index contributed by atoms with van der Waals surface area (Å²) in [6, 6.07) is 11.7. The van der Waals surface area contributed by atoms with Crippen molar-refractivity contribution in [2.45, 2.75) is 25.3 Å². The van der Waals surface area contributed by atoms with Gasteiger partial charge < -0.3 is 10.6 Å². The number of amides is 1. The molecule has 5 heteroatoms. The Balaban J connectivity index is 1.81. The molecule has 2 aromatic rings. The fourth-order valence-corrected chi connectivity index (χ4v) is 2.82. The largest absolute Gasteiger partial charge is 0.333 e. The van der Waals surface area contributed by atoms with Gasteiger partial charge in [-0.1, -0.05) is 18.2 Å². The second kappa shape index (κ2) is 6.10. The lowest BCUT2D eigenvalue weighted by atomic mass is 10.0. The minimum absolute atomic E-state index is 0.0140. The van der Waals surface area contributed by atoms with Crippen molar-refractivity contribution in [3.05, 3.63) is 48.3 Å². The van der Waals surface area contributed by atoms with E-state index in [-0.39, 0.29) is 11.9 Å². The highest BCUT2D eigenvalue weighted by Crippen LogP contribution is 2.19. The number of carbonyl (C=O) groups is 1. The Morgan fingerprint density at radius 1 is 1.24 bits per heavy atom. The second-order valence-corrected chi connectivity index (χ2v) is 5.36. The molecule has 1 aromatic heterocycles. The van der Waals surface area contributed by atoms with Gasteiger partial charge in [0, 0.05) is 25.3 Å². The molecule has 2 heterocycles. The number of rotatable bonds is 3. The van der Waals surface area contributed by atoms with E-state index in [9.17, 15) is 4.79 Å². The van der Waals surface area contributed by atoms with Gasteiger partial charge in [0.15, 0.2) is 5.69 Å². The molecule has 1 aliphatic heterocycles. The van der Waals surface area contributed by atoms with E-state index in [0.717, 1.165) is 31.5 Å². The van der Waals surface area contributed by atoms with Crippen LogP contribution in [0.1, 0.15) is 29.8 Å². The summed E-state index contributed by atoms with van der Waals surface area (Å²) < 4.78 is 1.73. The first kappa shape index (κ1) is 13.8. The average Bonchev–Trinajstić information content (AvgIpc) is 3.05. The quantitative estimate of drug-likeness (QED) is 0.935. The highest BCUT2D eigenvalue weighted by molar-refractivity contribution is 5.92. The van der Waals surface area contributed by atoms with Crippen LogP contribution in [0.5, 0.6) is 0 Å². The molecule has 3 rings (SSSR count). The maximum Gasteiger partial charge on any atom is 0.274 e. The van der Waals surface area contributed by atoms with Gasteiger partial charge in [0.05, 0.1) is 5.69 Å². The number of nitrogens with zero attached hydrogens (tertiary/aromatic N) is 3. The van der Waals surface area contributed by atoms with Crippen molar-refractivity contribution in [2.24, 2.45) is 5.73 Å². The lowest BCUT2D eigenvalue weighted by molar-refractivity contribution is 0.0617. The van der Waals surface area contributed by atoms with Crippen molar-refractivity contribution in [2.75, 3.05) is 13.1 Å². The summed E-state index contributed by atoms with van der Waals surface area (Å²) in [7, 11) is 0. The summed E-state index contributed by atoms with van der Waals surface area (Å²) in [5, 5.41) is 4.41. The van der Waals surface area contributed by atoms with Crippen molar-refractivity contribution >= 4 is 5.91 Å². The van der Waals surface area contributed by atoms with Gasteiger partial charge in [0.25, 0.3) is 5.91 Å². The Labute approximate surface area is 124 Å². The molecule has 1 aromatic carbocycles. The number of nitrogens with two attached hydrogens (primary N) is 1. The zero-order valence-corrected chi connectivity index (χ0v) is 12.0. The normalized spacial score (nSPS) is 18.7. The molecule has 0 aliphatic carbocycles. The van der Waals surface area contributed by atoms with E-state index >= 15 is 0 Å². The first-order valence-corrected chi connectivity index (χ1v) is 7.42. The molecule has 1 amide bonds. The maximum atomic E-state index is 12.6. The summed E-state index contributed by atoms with van der Waals surface area (Å²) in [6.45, 7) is 1.30. The smallest absolute Gasteiger partial charge is 0.274 e. The fraction of sp³-hybridized carbons (Fsp3) is 0.375. The van der Waals surface area contributed by atoms with E-state index in [4.69, 9.17) is 5.73 Å². The third-order valence-electron chi connectivity index (χ3n) is 3.99. The van der Waals surface area contributed by atoms with Gasteiger partial charge in [0.1, 0.15) is 0 Å². The molecule has 1 unspecified atom stereocenters. The van der Waals surface area contributed by atoms with Crippen LogP contribution in [0.2, 0.25) is 0 Å². The molecule has 110 valence electrons. The molecule has 0 radical (unpaired) electrons. The molecular formula is C16H20N4O. The molecular weight excluding hydrogens is 264 g/mol. The standard InChI is InChI=1S/C16H20N4O/c17-12-14-8-4-5-10-19(14)16(21)15-9-11-20(18-15)13-6-2-1-3-7-13/h1-3,6-7,9,11,14H,4-5,8,10,12,17H2. The van der Waals surface area contributed by atoms with Crippen molar-refractivity contribution in [1.82, 2.24) is 14.7 Å².